The fourth-order valence-corrected chi connectivity index (χ4v) is 3.14. The van der Waals surface area contributed by atoms with Gasteiger partial charge in [-0.2, -0.15) is 0 Å². The van der Waals surface area contributed by atoms with Gasteiger partial charge < -0.3 is 15.2 Å². The summed E-state index contributed by atoms with van der Waals surface area (Å²) in [6, 6.07) is 8.36. The van der Waals surface area contributed by atoms with E-state index in [4.69, 9.17) is 9.84 Å². The van der Waals surface area contributed by atoms with Gasteiger partial charge in [0.25, 0.3) is 0 Å². The molecule has 2 N–H and O–H groups in total. The number of ether oxygens (including phenoxy) is 1. The first-order valence-electron chi connectivity index (χ1n) is 8.36. The molecular formula is C18H24N4O2. The van der Waals surface area contributed by atoms with Gasteiger partial charge in [0.15, 0.2) is 0 Å². The average Bonchev–Trinajstić information content (AvgIpc) is 3.08. The Balaban J connectivity index is 1.71. The van der Waals surface area contributed by atoms with E-state index in [2.05, 4.69) is 26.3 Å². The molecule has 2 aromatic rings. The molecule has 0 aliphatic carbocycles. The average molecular weight is 328 g/mol. The second kappa shape index (κ2) is 8.08. The van der Waals surface area contributed by atoms with Gasteiger partial charge in [0.1, 0.15) is 18.2 Å². The number of rotatable bonds is 7. The summed E-state index contributed by atoms with van der Waals surface area (Å²) >= 11 is 0. The van der Waals surface area contributed by atoms with Gasteiger partial charge >= 0.3 is 0 Å². The van der Waals surface area contributed by atoms with Crippen molar-refractivity contribution in [3.8, 4) is 5.75 Å². The van der Waals surface area contributed by atoms with Crippen LogP contribution in [0.1, 0.15) is 30.1 Å². The highest BCUT2D eigenvalue weighted by atomic mass is 16.5. The van der Waals surface area contributed by atoms with Crippen LogP contribution < -0.4 is 10.1 Å². The number of hydrogen-bond donors (Lipinski definition) is 2. The number of aliphatic hydroxyl groups is 1. The van der Waals surface area contributed by atoms with E-state index in [1.807, 2.05) is 31.4 Å². The van der Waals surface area contributed by atoms with Crippen LogP contribution >= 0.6 is 0 Å². The molecule has 0 bridgehead atoms. The lowest BCUT2D eigenvalue weighted by molar-refractivity contribution is 0.200. The maximum atomic E-state index is 8.88. The molecule has 1 fully saturated rings. The molecule has 0 radical (unpaired) electrons. The summed E-state index contributed by atoms with van der Waals surface area (Å²) in [6.45, 7) is 2.26. The molecule has 6 heteroatoms. The number of aliphatic hydroxyl groups excluding tert-OH is 1. The van der Waals surface area contributed by atoms with Crippen molar-refractivity contribution >= 4 is 5.82 Å². The van der Waals surface area contributed by atoms with Crippen LogP contribution in [0, 0.1) is 0 Å². The summed E-state index contributed by atoms with van der Waals surface area (Å²) in [7, 11) is 1.86. The van der Waals surface area contributed by atoms with Crippen LogP contribution in [-0.4, -0.2) is 46.8 Å². The molecule has 0 unspecified atom stereocenters. The highest BCUT2D eigenvalue weighted by Gasteiger charge is 2.27. The van der Waals surface area contributed by atoms with Crippen LogP contribution in [0.4, 0.5) is 5.82 Å². The first-order chi connectivity index (χ1) is 11.8. The standard InChI is InChI=1S/C18H24N4O2/c1-19-18-12-20-11-16(21-18)17-6-3-7-22(17)13-14-4-2-5-15(10-14)24-9-8-23/h2,4-5,10-12,17,23H,3,6-9,13H2,1H3,(H,19,21)/t17-/m0/s1. The quantitative estimate of drug-likeness (QED) is 0.812. The van der Waals surface area contributed by atoms with Crippen molar-refractivity contribution in [3.63, 3.8) is 0 Å². The highest BCUT2D eigenvalue weighted by molar-refractivity contribution is 5.32. The molecule has 128 valence electrons. The molecule has 3 rings (SSSR count). The number of nitrogens with one attached hydrogen (secondary N) is 1. The van der Waals surface area contributed by atoms with Crippen LogP contribution in [0.2, 0.25) is 0 Å². The Morgan fingerprint density at radius 1 is 1.38 bits per heavy atom. The van der Waals surface area contributed by atoms with E-state index < -0.39 is 0 Å². The third kappa shape index (κ3) is 4.01. The van der Waals surface area contributed by atoms with E-state index in [0.29, 0.717) is 12.6 Å². The predicted molar refractivity (Wildman–Crippen MR) is 93.0 cm³/mol. The van der Waals surface area contributed by atoms with Crippen molar-refractivity contribution in [2.24, 2.45) is 0 Å². The van der Waals surface area contributed by atoms with Gasteiger partial charge in [0, 0.05) is 13.6 Å². The molecule has 2 heterocycles. The third-order valence-corrected chi connectivity index (χ3v) is 4.26. The number of hydrogen-bond acceptors (Lipinski definition) is 6. The maximum Gasteiger partial charge on any atom is 0.144 e. The smallest absolute Gasteiger partial charge is 0.144 e. The lowest BCUT2D eigenvalue weighted by atomic mass is 10.1. The Kier molecular flexibility index (Phi) is 5.61. The number of likely N-dealkylation sites (tertiary alicyclic amines) is 1. The van der Waals surface area contributed by atoms with E-state index in [9.17, 15) is 0 Å². The molecule has 1 aromatic carbocycles. The molecule has 1 atom stereocenters. The second-order valence-electron chi connectivity index (χ2n) is 5.93. The SMILES string of the molecule is CNc1cncc([C@@H]2CCCN2Cc2cccc(OCCO)c2)n1. The normalized spacial score (nSPS) is 17.8. The van der Waals surface area contributed by atoms with Gasteiger partial charge in [0.2, 0.25) is 0 Å². The Labute approximate surface area is 142 Å². The van der Waals surface area contributed by atoms with Crippen molar-refractivity contribution in [1.82, 2.24) is 14.9 Å². The van der Waals surface area contributed by atoms with E-state index in [-0.39, 0.29) is 6.61 Å². The molecule has 1 aliphatic rings. The van der Waals surface area contributed by atoms with E-state index in [1.165, 1.54) is 5.56 Å². The fourth-order valence-electron chi connectivity index (χ4n) is 3.14. The van der Waals surface area contributed by atoms with Crippen molar-refractivity contribution < 1.29 is 9.84 Å². The van der Waals surface area contributed by atoms with Crippen molar-refractivity contribution in [2.45, 2.75) is 25.4 Å². The minimum Gasteiger partial charge on any atom is -0.491 e. The minimum absolute atomic E-state index is 0.0267. The highest BCUT2D eigenvalue weighted by Crippen LogP contribution is 2.32. The minimum atomic E-state index is 0.0267. The lowest BCUT2D eigenvalue weighted by Gasteiger charge is -2.24. The van der Waals surface area contributed by atoms with Crippen LogP contribution in [0.3, 0.4) is 0 Å². The number of aromatic nitrogens is 2. The summed E-state index contributed by atoms with van der Waals surface area (Å²) in [5.74, 6) is 1.60. The predicted octanol–water partition coefficient (Wildman–Crippen LogP) is 2.23. The first kappa shape index (κ1) is 16.7. The van der Waals surface area contributed by atoms with Gasteiger partial charge in [-0.15, -0.1) is 0 Å². The Morgan fingerprint density at radius 2 is 2.29 bits per heavy atom. The topological polar surface area (TPSA) is 70.5 Å². The summed E-state index contributed by atoms with van der Waals surface area (Å²) < 4.78 is 5.50. The van der Waals surface area contributed by atoms with Crippen LogP contribution in [0.25, 0.3) is 0 Å². The van der Waals surface area contributed by atoms with Gasteiger partial charge in [-0.25, -0.2) is 4.98 Å². The molecule has 24 heavy (non-hydrogen) atoms. The zero-order valence-electron chi connectivity index (χ0n) is 14.0. The molecule has 1 saturated heterocycles. The fraction of sp³-hybridized carbons (Fsp3) is 0.444. The maximum absolute atomic E-state index is 8.88. The van der Waals surface area contributed by atoms with Gasteiger partial charge in [-0.1, -0.05) is 12.1 Å². The summed E-state index contributed by atoms with van der Waals surface area (Å²) in [6.07, 6.45) is 5.87. The molecule has 6 nitrogen and oxygen atoms in total. The molecule has 0 saturated carbocycles. The number of anilines is 1. The number of nitrogens with zero attached hydrogens (tertiary/aromatic N) is 3. The Hall–Kier alpha value is -2.18. The third-order valence-electron chi connectivity index (χ3n) is 4.26. The molecule has 1 aliphatic heterocycles. The first-order valence-corrected chi connectivity index (χ1v) is 8.36. The lowest BCUT2D eigenvalue weighted by Crippen LogP contribution is -2.23. The zero-order chi connectivity index (χ0) is 16.8. The Bertz CT molecular complexity index is 665. The van der Waals surface area contributed by atoms with Crippen molar-refractivity contribution in [3.05, 3.63) is 47.9 Å². The molecule has 1 aromatic heterocycles. The van der Waals surface area contributed by atoms with Crippen molar-refractivity contribution in [1.29, 1.82) is 0 Å². The van der Waals surface area contributed by atoms with E-state index in [0.717, 1.165) is 43.2 Å². The Morgan fingerprint density at radius 3 is 3.12 bits per heavy atom. The summed E-state index contributed by atoms with van der Waals surface area (Å²) in [5, 5.41) is 11.9. The van der Waals surface area contributed by atoms with Gasteiger partial charge in [-0.3, -0.25) is 9.88 Å². The van der Waals surface area contributed by atoms with Crippen molar-refractivity contribution in [2.75, 3.05) is 32.1 Å². The van der Waals surface area contributed by atoms with Gasteiger partial charge in [-0.05, 0) is 37.1 Å². The molecule has 0 spiro atoms. The van der Waals surface area contributed by atoms with Crippen LogP contribution in [0.15, 0.2) is 36.7 Å². The molecular weight excluding hydrogens is 304 g/mol. The largest absolute Gasteiger partial charge is 0.491 e. The van der Waals surface area contributed by atoms with Gasteiger partial charge in [0.05, 0.1) is 30.7 Å². The van der Waals surface area contributed by atoms with E-state index in [1.54, 1.807) is 6.20 Å². The van der Waals surface area contributed by atoms with E-state index >= 15 is 0 Å². The van der Waals surface area contributed by atoms with Crippen LogP contribution in [0.5, 0.6) is 5.75 Å². The van der Waals surface area contributed by atoms with Crippen LogP contribution in [-0.2, 0) is 6.54 Å². The zero-order valence-corrected chi connectivity index (χ0v) is 14.0. The molecule has 0 amide bonds. The summed E-state index contributed by atoms with van der Waals surface area (Å²) in [4.78, 5) is 11.4. The second-order valence-corrected chi connectivity index (χ2v) is 5.93. The monoisotopic (exact) mass is 328 g/mol. The number of benzene rings is 1. The summed E-state index contributed by atoms with van der Waals surface area (Å²) in [5.41, 5.74) is 2.22.